The van der Waals surface area contributed by atoms with Crippen molar-refractivity contribution in [1.29, 1.82) is 0 Å². The second kappa shape index (κ2) is 10.5. The zero-order valence-electron chi connectivity index (χ0n) is 19.2. The minimum atomic E-state index is -4.98. The van der Waals surface area contributed by atoms with Crippen LogP contribution in [0.15, 0.2) is 59.5 Å². The molecule has 0 spiro atoms. The molecular formula is C24H16Cl2F6N2O4S. The number of nitrogens with one attached hydrogen (secondary N) is 1. The van der Waals surface area contributed by atoms with Crippen molar-refractivity contribution in [2.75, 3.05) is 12.4 Å². The minimum Gasteiger partial charge on any atom is -0.405 e. The predicted octanol–water partition coefficient (Wildman–Crippen LogP) is 6.90. The molecule has 39 heavy (non-hydrogen) atoms. The Bertz CT molecular complexity index is 1620. The number of rotatable bonds is 7. The molecule has 1 atom stereocenters. The van der Waals surface area contributed by atoms with Crippen LogP contribution in [0.2, 0.25) is 10.0 Å². The van der Waals surface area contributed by atoms with Gasteiger partial charge in [0.2, 0.25) is 0 Å². The summed E-state index contributed by atoms with van der Waals surface area (Å²) in [5, 5.41) is 9.90. The fraction of sp³-hybridized carbons (Fsp3) is 0.208. The van der Waals surface area contributed by atoms with E-state index in [4.69, 9.17) is 23.2 Å². The van der Waals surface area contributed by atoms with E-state index in [0.717, 1.165) is 18.2 Å². The molecule has 0 fully saturated rings. The van der Waals surface area contributed by atoms with Crippen LogP contribution in [0, 0.1) is 0 Å². The van der Waals surface area contributed by atoms with Gasteiger partial charge in [0.25, 0.3) is 0 Å². The first-order chi connectivity index (χ1) is 18.1. The van der Waals surface area contributed by atoms with Crippen LogP contribution in [0.25, 0.3) is 22.2 Å². The lowest BCUT2D eigenvalue weighted by molar-refractivity contribution is -0.274. The van der Waals surface area contributed by atoms with E-state index in [-0.39, 0.29) is 38.0 Å². The molecule has 0 aliphatic rings. The zero-order chi connectivity index (χ0) is 28.8. The molecule has 1 aromatic heterocycles. The molecule has 1 heterocycles. The van der Waals surface area contributed by atoms with Crippen molar-refractivity contribution < 1.29 is 44.6 Å². The second-order valence-corrected chi connectivity index (χ2v) is 11.1. The van der Waals surface area contributed by atoms with Gasteiger partial charge in [-0.15, -0.1) is 13.2 Å². The van der Waals surface area contributed by atoms with Crippen LogP contribution in [0.3, 0.4) is 0 Å². The Morgan fingerprint density at radius 2 is 1.64 bits per heavy atom. The van der Waals surface area contributed by atoms with Crippen molar-refractivity contribution in [1.82, 2.24) is 9.97 Å². The number of benzene rings is 3. The van der Waals surface area contributed by atoms with E-state index in [0.29, 0.717) is 5.56 Å². The van der Waals surface area contributed by atoms with Gasteiger partial charge in [-0.1, -0.05) is 53.5 Å². The molecule has 0 saturated heterocycles. The molecule has 4 rings (SSSR count). The number of H-pyrrole nitrogens is 1. The maximum absolute atomic E-state index is 12.9. The summed E-state index contributed by atoms with van der Waals surface area (Å²) in [6, 6.07) is 11.1. The van der Waals surface area contributed by atoms with Crippen molar-refractivity contribution in [3.05, 3.63) is 76.0 Å². The second-order valence-electron chi connectivity index (χ2n) is 8.29. The van der Waals surface area contributed by atoms with Crippen molar-refractivity contribution in [2.24, 2.45) is 0 Å². The van der Waals surface area contributed by atoms with Crippen LogP contribution in [-0.2, 0) is 9.84 Å². The summed E-state index contributed by atoms with van der Waals surface area (Å²) < 4.78 is 105. The van der Waals surface area contributed by atoms with Gasteiger partial charge in [-0.2, -0.15) is 13.2 Å². The van der Waals surface area contributed by atoms with Crippen molar-refractivity contribution in [3.8, 4) is 16.9 Å². The number of nitrogens with zero attached hydrogens (tertiary/aromatic N) is 1. The van der Waals surface area contributed by atoms with Crippen LogP contribution in [0.5, 0.6) is 5.75 Å². The van der Waals surface area contributed by atoms with Crippen LogP contribution in [0.1, 0.15) is 17.3 Å². The Kier molecular flexibility index (Phi) is 7.83. The summed E-state index contributed by atoms with van der Waals surface area (Å²) in [4.78, 5) is 6.74. The van der Waals surface area contributed by atoms with Crippen LogP contribution in [0.4, 0.5) is 26.3 Å². The highest BCUT2D eigenvalue weighted by molar-refractivity contribution is 7.91. The molecule has 208 valence electrons. The highest BCUT2D eigenvalue weighted by Gasteiger charge is 2.36. The van der Waals surface area contributed by atoms with Gasteiger partial charge in [-0.3, -0.25) is 0 Å². The van der Waals surface area contributed by atoms with E-state index < -0.39 is 51.3 Å². The van der Waals surface area contributed by atoms with E-state index in [9.17, 15) is 39.9 Å². The number of aliphatic hydroxyl groups excluding tert-OH is 1. The smallest absolute Gasteiger partial charge is 0.405 e. The molecule has 15 heteroatoms. The Morgan fingerprint density at radius 3 is 2.23 bits per heavy atom. The number of fused-ring (bicyclic) bond motifs is 1. The molecule has 0 amide bonds. The molecule has 6 nitrogen and oxygen atoms in total. The SMILES string of the molecule is O=S(=O)(CC(F)(F)F)c1ccc(C(CO)c2nc3c(Cl)c(-c4ccccc4OC(F)(F)F)c(Cl)cc3[nH]2)cc1. The number of aliphatic hydroxyl groups is 1. The van der Waals surface area contributed by atoms with E-state index in [2.05, 4.69) is 14.7 Å². The first-order valence-electron chi connectivity index (χ1n) is 10.8. The highest BCUT2D eigenvalue weighted by Crippen LogP contribution is 2.44. The Morgan fingerprint density at radius 1 is 1.00 bits per heavy atom. The fourth-order valence-corrected chi connectivity index (χ4v) is 5.80. The maximum atomic E-state index is 12.9. The number of hydrogen-bond donors (Lipinski definition) is 2. The number of para-hydroxylation sites is 1. The quantitative estimate of drug-likeness (QED) is 0.222. The molecule has 0 saturated carbocycles. The van der Waals surface area contributed by atoms with Gasteiger partial charge in [-0.25, -0.2) is 13.4 Å². The molecule has 0 aliphatic carbocycles. The highest BCUT2D eigenvalue weighted by atomic mass is 35.5. The van der Waals surface area contributed by atoms with Crippen LogP contribution < -0.4 is 4.74 Å². The molecular weight excluding hydrogens is 597 g/mol. The Hall–Kier alpha value is -3.00. The number of halogens is 8. The van der Waals surface area contributed by atoms with E-state index >= 15 is 0 Å². The number of sulfone groups is 1. The lowest BCUT2D eigenvalue weighted by Gasteiger charge is -2.15. The van der Waals surface area contributed by atoms with Gasteiger partial charge in [0.05, 0.1) is 33.0 Å². The maximum Gasteiger partial charge on any atom is 0.573 e. The average molecular weight is 613 g/mol. The fourth-order valence-electron chi connectivity index (χ4n) is 3.95. The Balaban J connectivity index is 1.74. The topological polar surface area (TPSA) is 92.3 Å². The molecule has 1 unspecified atom stereocenters. The molecule has 4 aromatic rings. The number of imidazole rings is 1. The average Bonchev–Trinajstić information content (AvgIpc) is 3.22. The monoisotopic (exact) mass is 612 g/mol. The van der Waals surface area contributed by atoms with Crippen molar-refractivity contribution in [2.45, 2.75) is 23.4 Å². The first-order valence-corrected chi connectivity index (χ1v) is 13.2. The third kappa shape index (κ3) is 6.43. The summed E-state index contributed by atoms with van der Waals surface area (Å²) >= 11 is 12.9. The largest absolute Gasteiger partial charge is 0.573 e. The van der Waals surface area contributed by atoms with E-state index in [1.807, 2.05) is 0 Å². The lowest BCUT2D eigenvalue weighted by atomic mass is 9.99. The van der Waals surface area contributed by atoms with Crippen molar-refractivity contribution >= 4 is 44.1 Å². The number of aromatic nitrogens is 2. The molecule has 3 aromatic carbocycles. The zero-order valence-corrected chi connectivity index (χ0v) is 21.6. The number of hydrogen-bond acceptors (Lipinski definition) is 5. The summed E-state index contributed by atoms with van der Waals surface area (Å²) in [6.45, 7) is -0.547. The van der Waals surface area contributed by atoms with Gasteiger partial charge < -0.3 is 14.8 Å². The van der Waals surface area contributed by atoms with Gasteiger partial charge in [-0.05, 0) is 29.8 Å². The summed E-state index contributed by atoms with van der Waals surface area (Å²) in [5.41, 5.74) is 0.666. The third-order valence-corrected chi connectivity index (χ3v) is 7.94. The predicted molar refractivity (Wildman–Crippen MR) is 132 cm³/mol. The standard InChI is InChI=1S/C24H16Cl2F6N2O4S/c25-16-9-17-21(20(26)19(16)14-3-1-2-4-18(14)38-24(30,31)32)34-22(33-17)15(10-35)12-5-7-13(8-6-12)39(36,37)11-23(27,28)29/h1-9,15,35H,10-11H2,(H,33,34). The van der Waals surface area contributed by atoms with Gasteiger partial charge in [0.1, 0.15) is 17.1 Å². The summed E-state index contributed by atoms with van der Waals surface area (Å²) in [5.74, 6) is -3.33. The third-order valence-electron chi connectivity index (χ3n) is 5.58. The van der Waals surface area contributed by atoms with Crippen molar-refractivity contribution in [3.63, 3.8) is 0 Å². The summed E-state index contributed by atoms with van der Waals surface area (Å²) in [6.07, 6.45) is -9.90. The molecule has 0 bridgehead atoms. The van der Waals surface area contributed by atoms with Crippen LogP contribution in [-0.4, -0.2) is 48.4 Å². The molecule has 2 N–H and O–H groups in total. The summed E-state index contributed by atoms with van der Waals surface area (Å²) in [7, 11) is -4.63. The van der Waals surface area contributed by atoms with Gasteiger partial charge >= 0.3 is 12.5 Å². The van der Waals surface area contributed by atoms with Crippen LogP contribution >= 0.6 is 23.2 Å². The number of alkyl halides is 6. The van der Waals surface area contributed by atoms with E-state index in [1.54, 1.807) is 0 Å². The van der Waals surface area contributed by atoms with E-state index in [1.165, 1.54) is 36.4 Å². The minimum absolute atomic E-state index is 0.0171. The lowest BCUT2D eigenvalue weighted by Crippen LogP contribution is -2.22. The number of aromatic amines is 1. The van der Waals surface area contributed by atoms with Gasteiger partial charge in [0, 0.05) is 11.1 Å². The normalized spacial score (nSPS) is 13.6. The molecule has 0 aliphatic heterocycles. The molecule has 0 radical (unpaired) electrons. The first kappa shape index (κ1) is 29.0. The van der Waals surface area contributed by atoms with Gasteiger partial charge in [0.15, 0.2) is 15.6 Å². The Labute approximate surface area is 227 Å². The number of ether oxygens (including phenoxy) is 1.